The van der Waals surface area contributed by atoms with E-state index in [9.17, 15) is 4.79 Å². The predicted octanol–water partition coefficient (Wildman–Crippen LogP) is 3.37. The predicted molar refractivity (Wildman–Crippen MR) is 107 cm³/mol. The molecule has 3 rings (SSSR count). The Morgan fingerprint density at radius 2 is 1.65 bits per heavy atom. The van der Waals surface area contributed by atoms with Crippen LogP contribution in [0.25, 0.3) is 0 Å². The van der Waals surface area contributed by atoms with Crippen LogP contribution in [0.3, 0.4) is 0 Å². The van der Waals surface area contributed by atoms with Gasteiger partial charge in [-0.2, -0.15) is 0 Å². The van der Waals surface area contributed by atoms with Gasteiger partial charge >= 0.3 is 0 Å². The van der Waals surface area contributed by atoms with Gasteiger partial charge in [-0.3, -0.25) is 14.6 Å². The largest absolute Gasteiger partial charge is 0.341 e. The fourth-order valence-electron chi connectivity index (χ4n) is 4.37. The Labute approximate surface area is 159 Å². The van der Waals surface area contributed by atoms with Crippen LogP contribution in [0.1, 0.15) is 52.0 Å². The topological polar surface area (TPSA) is 26.8 Å². The van der Waals surface area contributed by atoms with Gasteiger partial charge in [-0.25, -0.2) is 0 Å². The number of nitrogens with zero attached hydrogens (tertiary/aromatic N) is 3. The van der Waals surface area contributed by atoms with E-state index in [2.05, 4.69) is 65.8 Å². The molecule has 2 aliphatic rings. The van der Waals surface area contributed by atoms with E-state index in [0.29, 0.717) is 5.91 Å². The number of carbonyl (C=O) groups is 1. The van der Waals surface area contributed by atoms with Crippen molar-refractivity contribution in [3.05, 3.63) is 35.9 Å². The average molecular weight is 358 g/mol. The number of hydrogen-bond donors (Lipinski definition) is 0. The summed E-state index contributed by atoms with van der Waals surface area (Å²) in [6, 6.07) is 10.7. The molecule has 4 heteroatoms. The van der Waals surface area contributed by atoms with Crippen LogP contribution in [0.5, 0.6) is 0 Å². The summed E-state index contributed by atoms with van der Waals surface area (Å²) in [5.74, 6) is 0.333. The molecule has 0 N–H and O–H groups in total. The maximum atomic E-state index is 13.0. The van der Waals surface area contributed by atoms with Crippen LogP contribution in [0.15, 0.2) is 30.3 Å². The molecule has 0 radical (unpaired) electrons. The highest BCUT2D eigenvalue weighted by Crippen LogP contribution is 2.25. The zero-order chi connectivity index (χ0) is 18.6. The number of carbonyl (C=O) groups excluding carboxylic acids is 1. The van der Waals surface area contributed by atoms with Crippen molar-refractivity contribution in [2.24, 2.45) is 0 Å². The van der Waals surface area contributed by atoms with Crippen LogP contribution in [0.4, 0.5) is 0 Å². The first-order chi connectivity index (χ1) is 12.5. The molecular weight excluding hydrogens is 322 g/mol. The summed E-state index contributed by atoms with van der Waals surface area (Å²) in [5, 5.41) is 0. The molecule has 2 aliphatic heterocycles. The van der Waals surface area contributed by atoms with Gasteiger partial charge in [-0.1, -0.05) is 43.2 Å². The third kappa shape index (κ3) is 4.66. The lowest BCUT2D eigenvalue weighted by atomic mass is 9.96. The summed E-state index contributed by atoms with van der Waals surface area (Å²) in [4.78, 5) is 20.1. The zero-order valence-corrected chi connectivity index (χ0v) is 16.8. The Kier molecular flexibility index (Phi) is 6.36. The van der Waals surface area contributed by atoms with Gasteiger partial charge in [0.25, 0.3) is 0 Å². The quantitative estimate of drug-likeness (QED) is 0.827. The van der Waals surface area contributed by atoms with Crippen LogP contribution in [0.2, 0.25) is 0 Å². The lowest BCUT2D eigenvalue weighted by Crippen LogP contribution is -2.62. The highest BCUT2D eigenvalue weighted by Gasteiger charge is 2.37. The Morgan fingerprint density at radius 3 is 2.27 bits per heavy atom. The van der Waals surface area contributed by atoms with Crippen molar-refractivity contribution >= 4 is 5.91 Å². The summed E-state index contributed by atoms with van der Waals surface area (Å²) in [6.45, 7) is 12.5. The first-order valence-electron chi connectivity index (χ1n) is 10.3. The van der Waals surface area contributed by atoms with Crippen molar-refractivity contribution in [3.8, 4) is 0 Å². The standard InChI is InChI=1S/C22H35N3O/c1-19(21(26)23-13-9-4-5-10-14-23)24-15-16-25(22(2,3)18-24)17-20-11-7-6-8-12-20/h6-8,11-12,19H,4-5,9-10,13-18H2,1-3H3. The molecule has 1 aromatic rings. The third-order valence-electron chi connectivity index (χ3n) is 6.14. The van der Waals surface area contributed by atoms with Gasteiger partial charge in [0.2, 0.25) is 5.91 Å². The van der Waals surface area contributed by atoms with Gasteiger partial charge in [0.15, 0.2) is 0 Å². The Hall–Kier alpha value is -1.39. The number of amides is 1. The van der Waals surface area contributed by atoms with Crippen LogP contribution >= 0.6 is 0 Å². The summed E-state index contributed by atoms with van der Waals surface area (Å²) in [5.41, 5.74) is 1.43. The van der Waals surface area contributed by atoms with Crippen LogP contribution in [-0.2, 0) is 11.3 Å². The van der Waals surface area contributed by atoms with Gasteiger partial charge in [0.1, 0.15) is 0 Å². The number of rotatable bonds is 4. The number of likely N-dealkylation sites (tertiary alicyclic amines) is 1. The minimum absolute atomic E-state index is 0.00810. The van der Waals surface area contributed by atoms with Crippen LogP contribution in [-0.4, -0.2) is 64.9 Å². The highest BCUT2D eigenvalue weighted by molar-refractivity contribution is 5.81. The van der Waals surface area contributed by atoms with Crippen molar-refractivity contribution in [2.75, 3.05) is 32.7 Å². The maximum Gasteiger partial charge on any atom is 0.239 e. The maximum absolute atomic E-state index is 13.0. The summed E-state index contributed by atoms with van der Waals surface area (Å²) >= 11 is 0. The second-order valence-corrected chi connectivity index (χ2v) is 8.61. The number of piperazine rings is 1. The van der Waals surface area contributed by atoms with Crippen LogP contribution < -0.4 is 0 Å². The normalized spacial score (nSPS) is 23.4. The molecule has 0 aromatic heterocycles. The molecular formula is C22H35N3O. The Balaban J connectivity index is 1.60. The van der Waals surface area contributed by atoms with E-state index in [1.165, 1.54) is 18.4 Å². The molecule has 1 aromatic carbocycles. The molecule has 2 fully saturated rings. The fourth-order valence-corrected chi connectivity index (χ4v) is 4.37. The monoisotopic (exact) mass is 357 g/mol. The van der Waals surface area contributed by atoms with E-state index in [1.807, 2.05) is 0 Å². The van der Waals surface area contributed by atoms with Gasteiger partial charge in [0, 0.05) is 44.8 Å². The Morgan fingerprint density at radius 1 is 1.00 bits per heavy atom. The van der Waals surface area contributed by atoms with Gasteiger partial charge < -0.3 is 4.90 Å². The van der Waals surface area contributed by atoms with Crippen molar-refractivity contribution in [3.63, 3.8) is 0 Å². The first kappa shape index (κ1) is 19.4. The summed E-state index contributed by atoms with van der Waals surface area (Å²) in [6.07, 6.45) is 4.86. The molecule has 4 nitrogen and oxygen atoms in total. The number of hydrogen-bond acceptors (Lipinski definition) is 3. The second kappa shape index (κ2) is 8.53. The van der Waals surface area contributed by atoms with E-state index >= 15 is 0 Å². The molecule has 2 saturated heterocycles. The minimum atomic E-state index is -0.00810. The molecule has 1 atom stereocenters. The van der Waals surface area contributed by atoms with Crippen molar-refractivity contribution in [1.82, 2.24) is 14.7 Å². The number of benzene rings is 1. The summed E-state index contributed by atoms with van der Waals surface area (Å²) in [7, 11) is 0. The molecule has 1 amide bonds. The molecule has 144 valence electrons. The van der Waals surface area contributed by atoms with Crippen LogP contribution in [0, 0.1) is 0 Å². The van der Waals surface area contributed by atoms with E-state index in [4.69, 9.17) is 0 Å². The van der Waals surface area contributed by atoms with Crippen molar-refractivity contribution in [1.29, 1.82) is 0 Å². The van der Waals surface area contributed by atoms with E-state index in [0.717, 1.165) is 52.1 Å². The summed E-state index contributed by atoms with van der Waals surface area (Å²) < 4.78 is 0. The van der Waals surface area contributed by atoms with Crippen molar-refractivity contribution < 1.29 is 4.79 Å². The van der Waals surface area contributed by atoms with Gasteiger partial charge in [-0.05, 0) is 39.2 Å². The molecule has 26 heavy (non-hydrogen) atoms. The average Bonchev–Trinajstić information content (AvgIpc) is 2.92. The van der Waals surface area contributed by atoms with Crippen molar-refractivity contribution in [2.45, 2.75) is 64.6 Å². The van der Waals surface area contributed by atoms with E-state index < -0.39 is 0 Å². The molecule has 0 spiro atoms. The van der Waals surface area contributed by atoms with Gasteiger partial charge in [-0.15, -0.1) is 0 Å². The SMILES string of the molecule is CC(C(=O)N1CCCCCC1)N1CCN(Cc2ccccc2)C(C)(C)C1. The van der Waals surface area contributed by atoms with E-state index in [-0.39, 0.29) is 11.6 Å². The Bertz CT molecular complexity index is 578. The molecule has 2 heterocycles. The lowest BCUT2D eigenvalue weighted by molar-refractivity contribution is -0.138. The highest BCUT2D eigenvalue weighted by atomic mass is 16.2. The second-order valence-electron chi connectivity index (χ2n) is 8.61. The fraction of sp³-hybridized carbons (Fsp3) is 0.682. The zero-order valence-electron chi connectivity index (χ0n) is 16.8. The molecule has 1 unspecified atom stereocenters. The molecule has 0 saturated carbocycles. The van der Waals surface area contributed by atoms with E-state index in [1.54, 1.807) is 0 Å². The lowest BCUT2D eigenvalue weighted by Gasteiger charge is -2.49. The minimum Gasteiger partial charge on any atom is -0.341 e. The molecule has 0 aliphatic carbocycles. The molecule has 0 bridgehead atoms. The smallest absolute Gasteiger partial charge is 0.239 e. The first-order valence-corrected chi connectivity index (χ1v) is 10.3. The van der Waals surface area contributed by atoms with Gasteiger partial charge in [0.05, 0.1) is 6.04 Å². The third-order valence-corrected chi connectivity index (χ3v) is 6.14.